The highest BCUT2D eigenvalue weighted by atomic mass is 32.2. The van der Waals surface area contributed by atoms with Gasteiger partial charge in [0.25, 0.3) is 5.91 Å². The topological polar surface area (TPSA) is 78.2 Å². The van der Waals surface area contributed by atoms with Crippen LogP contribution in [0.1, 0.15) is 49.5 Å². The molecule has 6 heteroatoms. The third kappa shape index (κ3) is 4.15. The highest BCUT2D eigenvalue weighted by Gasteiger charge is 2.44. The molecule has 1 aromatic carbocycles. The highest BCUT2D eigenvalue weighted by Crippen LogP contribution is 2.47. The van der Waals surface area contributed by atoms with E-state index in [0.717, 1.165) is 18.4 Å². The Morgan fingerprint density at radius 1 is 1.25 bits per heavy atom. The minimum absolute atomic E-state index is 0.0639. The van der Waals surface area contributed by atoms with Gasteiger partial charge < -0.3 is 4.90 Å². The van der Waals surface area contributed by atoms with Gasteiger partial charge in [0.2, 0.25) is 0 Å². The second-order valence-electron chi connectivity index (χ2n) is 7.53. The van der Waals surface area contributed by atoms with E-state index in [-0.39, 0.29) is 23.6 Å². The zero-order valence-electron chi connectivity index (χ0n) is 14.7. The molecule has 0 N–H and O–H groups in total. The van der Waals surface area contributed by atoms with Crippen LogP contribution in [0.3, 0.4) is 0 Å². The van der Waals surface area contributed by atoms with Gasteiger partial charge in [-0.3, -0.25) is 4.79 Å². The van der Waals surface area contributed by atoms with Crippen molar-refractivity contribution in [3.63, 3.8) is 0 Å². The lowest BCUT2D eigenvalue weighted by Gasteiger charge is -2.35. The van der Waals surface area contributed by atoms with E-state index in [4.69, 9.17) is 0 Å². The van der Waals surface area contributed by atoms with Crippen molar-refractivity contribution in [2.75, 3.05) is 18.6 Å². The van der Waals surface area contributed by atoms with Gasteiger partial charge in [0.1, 0.15) is 9.84 Å². The average Bonchev–Trinajstić information content (AvgIpc) is 3.26. The number of nitrogens with zero attached hydrogens (tertiary/aromatic N) is 2. The molecule has 0 bridgehead atoms. The molecule has 0 saturated heterocycles. The Labute approximate surface area is 144 Å². The fourth-order valence-corrected chi connectivity index (χ4v) is 3.19. The van der Waals surface area contributed by atoms with Crippen molar-refractivity contribution in [3.05, 3.63) is 35.4 Å². The third-order valence-corrected chi connectivity index (χ3v) is 5.31. The summed E-state index contributed by atoms with van der Waals surface area (Å²) in [4.78, 5) is 14.4. The molecule has 0 unspecified atom stereocenters. The van der Waals surface area contributed by atoms with Gasteiger partial charge >= 0.3 is 0 Å². The van der Waals surface area contributed by atoms with E-state index >= 15 is 0 Å². The van der Waals surface area contributed by atoms with Crippen LogP contribution in [0.15, 0.2) is 24.3 Å². The van der Waals surface area contributed by atoms with Crippen LogP contribution in [0, 0.1) is 11.3 Å². The Kier molecular flexibility index (Phi) is 4.78. The predicted octanol–water partition coefficient (Wildman–Crippen LogP) is 2.53. The Balaban J connectivity index is 2.22. The van der Waals surface area contributed by atoms with Gasteiger partial charge in [0, 0.05) is 23.9 Å². The van der Waals surface area contributed by atoms with Crippen LogP contribution in [-0.2, 0) is 15.3 Å². The van der Waals surface area contributed by atoms with E-state index in [9.17, 15) is 18.5 Å². The van der Waals surface area contributed by atoms with E-state index in [1.807, 2.05) is 32.9 Å². The zero-order valence-corrected chi connectivity index (χ0v) is 15.5. The van der Waals surface area contributed by atoms with Gasteiger partial charge in [-0.15, -0.1) is 0 Å². The summed E-state index contributed by atoms with van der Waals surface area (Å²) < 4.78 is 22.9. The number of nitriles is 1. The molecule has 0 spiro atoms. The summed E-state index contributed by atoms with van der Waals surface area (Å²) in [5.74, 6) is -0.259. The first-order valence-electron chi connectivity index (χ1n) is 8.00. The van der Waals surface area contributed by atoms with Gasteiger partial charge in [0.05, 0.1) is 17.2 Å². The van der Waals surface area contributed by atoms with E-state index in [0.29, 0.717) is 5.56 Å². The maximum atomic E-state index is 12.8. The Hall–Kier alpha value is -1.87. The van der Waals surface area contributed by atoms with Gasteiger partial charge in [-0.05, 0) is 51.3 Å². The molecule has 0 atom stereocenters. The molecule has 1 aromatic rings. The molecule has 1 fully saturated rings. The summed E-state index contributed by atoms with van der Waals surface area (Å²) in [7, 11) is -3.15. The Morgan fingerprint density at radius 2 is 1.79 bits per heavy atom. The van der Waals surface area contributed by atoms with E-state index in [2.05, 4.69) is 6.07 Å². The zero-order chi connectivity index (χ0) is 18.2. The summed E-state index contributed by atoms with van der Waals surface area (Å²) >= 11 is 0. The fraction of sp³-hybridized carbons (Fsp3) is 0.556. The lowest BCUT2D eigenvalue weighted by molar-refractivity contribution is 0.0601. The van der Waals surface area contributed by atoms with Gasteiger partial charge in [0.15, 0.2) is 0 Å². The number of amides is 1. The summed E-state index contributed by atoms with van der Waals surface area (Å²) in [5.41, 5.74) is 0.600. The molecule has 5 nitrogen and oxygen atoms in total. The SMILES string of the molecule is CC(C)(C)N(CCS(C)(=O)=O)C(=O)c1ccc(C2(C#N)CC2)cc1. The molecule has 0 radical (unpaired) electrons. The Bertz CT molecular complexity index is 764. The molecule has 0 heterocycles. The first-order chi connectivity index (χ1) is 11.0. The van der Waals surface area contributed by atoms with Crippen LogP contribution in [0.5, 0.6) is 0 Å². The number of sulfone groups is 1. The molecular weight excluding hydrogens is 324 g/mol. The van der Waals surface area contributed by atoms with Crippen molar-refractivity contribution in [2.24, 2.45) is 0 Å². The highest BCUT2D eigenvalue weighted by molar-refractivity contribution is 7.90. The first-order valence-corrected chi connectivity index (χ1v) is 10.1. The number of hydrogen-bond donors (Lipinski definition) is 0. The first kappa shape index (κ1) is 18.5. The fourth-order valence-electron chi connectivity index (χ4n) is 2.68. The van der Waals surface area contributed by atoms with Gasteiger partial charge in [-0.2, -0.15) is 5.26 Å². The van der Waals surface area contributed by atoms with Crippen LogP contribution >= 0.6 is 0 Å². The normalized spacial score (nSPS) is 16.3. The third-order valence-electron chi connectivity index (χ3n) is 4.39. The van der Waals surface area contributed by atoms with Crippen LogP contribution in [-0.4, -0.2) is 43.3 Å². The minimum atomic E-state index is -3.15. The largest absolute Gasteiger partial charge is 0.333 e. The summed E-state index contributed by atoms with van der Waals surface area (Å²) in [6.07, 6.45) is 2.89. The molecule has 0 aromatic heterocycles. The van der Waals surface area contributed by atoms with Crippen LogP contribution in [0.2, 0.25) is 0 Å². The molecule has 1 aliphatic rings. The standard InChI is InChI=1S/C18H24N2O3S/c1-17(2,3)20(11-12-24(4,22)23)16(21)14-5-7-15(8-6-14)18(13-19)9-10-18/h5-8H,9-12H2,1-4H3. The Morgan fingerprint density at radius 3 is 2.17 bits per heavy atom. The van der Waals surface area contributed by atoms with Crippen LogP contribution in [0.4, 0.5) is 0 Å². The van der Waals surface area contributed by atoms with Crippen molar-refractivity contribution in [2.45, 2.75) is 44.6 Å². The number of carbonyl (C=O) groups is 1. The van der Waals surface area contributed by atoms with Crippen molar-refractivity contribution < 1.29 is 13.2 Å². The molecule has 0 aliphatic heterocycles. The van der Waals surface area contributed by atoms with Crippen molar-refractivity contribution in [3.8, 4) is 6.07 Å². The molecule has 1 saturated carbocycles. The second kappa shape index (κ2) is 6.21. The molecular formula is C18H24N2O3S. The molecule has 1 amide bonds. The second-order valence-corrected chi connectivity index (χ2v) is 9.79. The maximum absolute atomic E-state index is 12.8. The van der Waals surface area contributed by atoms with Crippen molar-refractivity contribution in [1.29, 1.82) is 5.26 Å². The number of carbonyl (C=O) groups excluding carboxylic acids is 1. The summed E-state index contributed by atoms with van der Waals surface area (Å²) in [5, 5.41) is 9.25. The summed E-state index contributed by atoms with van der Waals surface area (Å²) in [6, 6.07) is 9.47. The van der Waals surface area contributed by atoms with E-state index in [1.165, 1.54) is 6.26 Å². The van der Waals surface area contributed by atoms with Crippen LogP contribution in [0.25, 0.3) is 0 Å². The number of benzene rings is 1. The van der Waals surface area contributed by atoms with Gasteiger partial charge in [-0.1, -0.05) is 12.1 Å². The molecule has 130 valence electrons. The van der Waals surface area contributed by atoms with Crippen molar-refractivity contribution in [1.82, 2.24) is 4.90 Å². The maximum Gasteiger partial charge on any atom is 0.254 e. The predicted molar refractivity (Wildman–Crippen MR) is 93.5 cm³/mol. The number of rotatable bonds is 5. The summed E-state index contributed by atoms with van der Waals surface area (Å²) in [6.45, 7) is 5.81. The number of hydrogen-bond acceptors (Lipinski definition) is 4. The van der Waals surface area contributed by atoms with E-state index in [1.54, 1.807) is 17.0 Å². The smallest absolute Gasteiger partial charge is 0.254 e. The molecule has 1 aliphatic carbocycles. The van der Waals surface area contributed by atoms with Crippen molar-refractivity contribution >= 4 is 15.7 Å². The quantitative estimate of drug-likeness (QED) is 0.819. The average molecular weight is 348 g/mol. The lowest BCUT2D eigenvalue weighted by atomic mass is 9.96. The lowest BCUT2D eigenvalue weighted by Crippen LogP contribution is -2.47. The molecule has 2 rings (SSSR count). The van der Waals surface area contributed by atoms with E-state index < -0.39 is 15.4 Å². The minimum Gasteiger partial charge on any atom is -0.333 e. The monoisotopic (exact) mass is 348 g/mol. The van der Waals surface area contributed by atoms with Gasteiger partial charge in [-0.25, -0.2) is 8.42 Å². The van der Waals surface area contributed by atoms with Crippen LogP contribution < -0.4 is 0 Å². The molecule has 24 heavy (non-hydrogen) atoms.